The predicted molar refractivity (Wildman–Crippen MR) is 106 cm³/mol. The molecule has 1 amide bonds. The van der Waals surface area contributed by atoms with E-state index < -0.39 is 6.23 Å². The van der Waals surface area contributed by atoms with Crippen LogP contribution in [0.5, 0.6) is 0 Å². The van der Waals surface area contributed by atoms with E-state index in [2.05, 4.69) is 33.8 Å². The lowest BCUT2D eigenvalue weighted by molar-refractivity contribution is -0.135. The molecule has 0 aromatic heterocycles. The molecule has 124 valence electrons. The Kier molecular flexibility index (Phi) is 4.17. The average Bonchev–Trinajstić information content (AvgIpc) is 3.07. The van der Waals surface area contributed by atoms with Crippen LogP contribution in [0.25, 0.3) is 10.8 Å². The van der Waals surface area contributed by atoms with Crippen molar-refractivity contribution in [1.29, 1.82) is 0 Å². The van der Waals surface area contributed by atoms with Crippen LogP contribution in [0, 0.1) is 3.57 Å². The maximum Gasteiger partial charge on any atom is 0.243 e. The molecule has 0 bridgehead atoms. The molecule has 0 fully saturated rings. The SMILES string of the molecule is CC(=O)N1N=C(c2ccccc2I)OC1c1ccc2ccccc2c1. The van der Waals surface area contributed by atoms with Gasteiger partial charge >= 0.3 is 0 Å². The number of hydrazone groups is 1. The third-order valence-electron chi connectivity index (χ3n) is 4.13. The fourth-order valence-corrected chi connectivity index (χ4v) is 3.51. The maximum absolute atomic E-state index is 12.1. The van der Waals surface area contributed by atoms with Gasteiger partial charge in [0.25, 0.3) is 0 Å². The zero-order valence-corrected chi connectivity index (χ0v) is 15.7. The van der Waals surface area contributed by atoms with Crippen molar-refractivity contribution in [3.63, 3.8) is 0 Å². The van der Waals surface area contributed by atoms with Gasteiger partial charge in [-0.15, -0.1) is 5.10 Å². The van der Waals surface area contributed by atoms with Crippen LogP contribution in [0.15, 0.2) is 71.8 Å². The van der Waals surface area contributed by atoms with Crippen LogP contribution in [0.3, 0.4) is 0 Å². The Labute approximate surface area is 159 Å². The molecule has 3 aromatic carbocycles. The monoisotopic (exact) mass is 442 g/mol. The van der Waals surface area contributed by atoms with Gasteiger partial charge in [0.1, 0.15) is 0 Å². The Morgan fingerprint density at radius 2 is 1.76 bits per heavy atom. The van der Waals surface area contributed by atoms with Crippen LogP contribution in [0.1, 0.15) is 24.3 Å². The van der Waals surface area contributed by atoms with E-state index in [4.69, 9.17) is 4.74 Å². The van der Waals surface area contributed by atoms with E-state index in [9.17, 15) is 4.79 Å². The van der Waals surface area contributed by atoms with Gasteiger partial charge in [-0.25, -0.2) is 0 Å². The number of rotatable bonds is 2. The number of amides is 1. The van der Waals surface area contributed by atoms with E-state index in [-0.39, 0.29) is 5.91 Å². The highest BCUT2D eigenvalue weighted by atomic mass is 127. The van der Waals surface area contributed by atoms with E-state index in [1.807, 2.05) is 60.7 Å². The van der Waals surface area contributed by atoms with Crippen LogP contribution in [-0.2, 0) is 9.53 Å². The molecule has 1 unspecified atom stereocenters. The number of hydrogen-bond acceptors (Lipinski definition) is 3. The van der Waals surface area contributed by atoms with Crippen molar-refractivity contribution < 1.29 is 9.53 Å². The highest BCUT2D eigenvalue weighted by Crippen LogP contribution is 2.32. The minimum Gasteiger partial charge on any atom is -0.446 e. The Balaban J connectivity index is 1.74. The van der Waals surface area contributed by atoms with Gasteiger partial charge in [0.05, 0.1) is 5.56 Å². The number of carbonyl (C=O) groups is 1. The molecule has 0 radical (unpaired) electrons. The zero-order valence-electron chi connectivity index (χ0n) is 13.5. The van der Waals surface area contributed by atoms with E-state index in [0.29, 0.717) is 5.90 Å². The third-order valence-corrected chi connectivity index (χ3v) is 5.07. The average molecular weight is 442 g/mol. The fraction of sp³-hybridized carbons (Fsp3) is 0.100. The van der Waals surface area contributed by atoms with Gasteiger partial charge in [0, 0.05) is 16.1 Å². The first kappa shape index (κ1) is 16.1. The summed E-state index contributed by atoms with van der Waals surface area (Å²) in [5.74, 6) is 0.317. The van der Waals surface area contributed by atoms with Gasteiger partial charge in [-0.2, -0.15) is 5.01 Å². The molecule has 0 spiro atoms. The third kappa shape index (κ3) is 3.00. The summed E-state index contributed by atoms with van der Waals surface area (Å²) >= 11 is 2.24. The lowest BCUT2D eigenvalue weighted by Crippen LogP contribution is -2.25. The number of hydrogen-bond donors (Lipinski definition) is 0. The minimum absolute atomic E-state index is 0.154. The summed E-state index contributed by atoms with van der Waals surface area (Å²) in [6, 6.07) is 22.0. The number of halogens is 1. The van der Waals surface area contributed by atoms with Crippen LogP contribution in [-0.4, -0.2) is 16.8 Å². The van der Waals surface area contributed by atoms with Crippen molar-refractivity contribution in [2.24, 2.45) is 5.10 Å². The van der Waals surface area contributed by atoms with Gasteiger partial charge < -0.3 is 4.74 Å². The van der Waals surface area contributed by atoms with E-state index in [0.717, 1.165) is 25.5 Å². The molecule has 4 rings (SSSR count). The molecular weight excluding hydrogens is 427 g/mol. The molecule has 1 atom stereocenters. The van der Waals surface area contributed by atoms with E-state index >= 15 is 0 Å². The Morgan fingerprint density at radius 1 is 1.04 bits per heavy atom. The Bertz CT molecular complexity index is 1000. The summed E-state index contributed by atoms with van der Waals surface area (Å²) in [4.78, 5) is 12.1. The molecule has 4 nitrogen and oxygen atoms in total. The van der Waals surface area contributed by atoms with Crippen LogP contribution in [0.4, 0.5) is 0 Å². The van der Waals surface area contributed by atoms with Crippen LogP contribution < -0.4 is 0 Å². The molecule has 0 saturated carbocycles. The summed E-state index contributed by atoms with van der Waals surface area (Å²) in [6.45, 7) is 1.50. The topological polar surface area (TPSA) is 41.9 Å². The fourth-order valence-electron chi connectivity index (χ4n) is 2.89. The highest BCUT2D eigenvalue weighted by Gasteiger charge is 2.33. The minimum atomic E-state index is -0.548. The molecule has 0 saturated heterocycles. The van der Waals surface area contributed by atoms with Gasteiger partial charge in [-0.1, -0.05) is 48.5 Å². The van der Waals surface area contributed by atoms with Crippen molar-refractivity contribution in [3.05, 3.63) is 81.4 Å². The number of carbonyl (C=O) groups excluding carboxylic acids is 1. The van der Waals surface area contributed by atoms with Crippen LogP contribution >= 0.6 is 22.6 Å². The summed E-state index contributed by atoms with van der Waals surface area (Å²) in [5.41, 5.74) is 1.79. The van der Waals surface area contributed by atoms with Gasteiger partial charge in [-0.3, -0.25) is 4.79 Å². The van der Waals surface area contributed by atoms with Crippen molar-refractivity contribution >= 4 is 45.2 Å². The molecule has 3 aromatic rings. The van der Waals surface area contributed by atoms with Crippen molar-refractivity contribution in [3.8, 4) is 0 Å². The molecular formula is C20H15IN2O2. The second-order valence-corrected chi connectivity index (χ2v) is 6.99. The van der Waals surface area contributed by atoms with Gasteiger partial charge in [0.2, 0.25) is 18.0 Å². The first-order chi connectivity index (χ1) is 12.1. The first-order valence-corrected chi connectivity index (χ1v) is 9.00. The highest BCUT2D eigenvalue weighted by molar-refractivity contribution is 14.1. The number of ether oxygens (including phenoxy) is 1. The maximum atomic E-state index is 12.1. The normalized spacial score (nSPS) is 16.6. The number of fused-ring (bicyclic) bond motifs is 1. The van der Waals surface area contributed by atoms with E-state index in [1.165, 1.54) is 11.9 Å². The quantitative estimate of drug-likeness (QED) is 0.541. The molecule has 0 aliphatic carbocycles. The number of nitrogens with zero attached hydrogens (tertiary/aromatic N) is 2. The summed E-state index contributed by atoms with van der Waals surface area (Å²) in [6.07, 6.45) is -0.548. The molecule has 0 N–H and O–H groups in total. The van der Waals surface area contributed by atoms with E-state index in [1.54, 1.807) is 0 Å². The molecule has 1 aliphatic heterocycles. The van der Waals surface area contributed by atoms with Crippen LogP contribution in [0.2, 0.25) is 0 Å². The molecule has 1 aliphatic rings. The van der Waals surface area contributed by atoms with Gasteiger partial charge in [0.15, 0.2) is 0 Å². The standard InChI is InChI=1S/C20H15IN2O2/c1-13(24)23-20(16-11-10-14-6-2-3-7-15(14)12-16)25-19(22-23)17-8-4-5-9-18(17)21/h2-12,20H,1H3. The lowest BCUT2D eigenvalue weighted by Gasteiger charge is -2.19. The molecule has 25 heavy (non-hydrogen) atoms. The predicted octanol–water partition coefficient (Wildman–Crippen LogP) is 4.68. The van der Waals surface area contributed by atoms with Crippen molar-refractivity contribution in [2.45, 2.75) is 13.2 Å². The molecule has 5 heteroatoms. The lowest BCUT2D eigenvalue weighted by atomic mass is 10.1. The van der Waals surface area contributed by atoms with Crippen molar-refractivity contribution in [1.82, 2.24) is 5.01 Å². The Morgan fingerprint density at radius 3 is 2.52 bits per heavy atom. The second-order valence-electron chi connectivity index (χ2n) is 5.83. The summed E-state index contributed by atoms with van der Waals surface area (Å²) in [7, 11) is 0. The van der Waals surface area contributed by atoms with Crippen molar-refractivity contribution in [2.75, 3.05) is 0 Å². The number of benzene rings is 3. The molecule has 1 heterocycles. The summed E-state index contributed by atoms with van der Waals surface area (Å²) < 4.78 is 7.12. The van der Waals surface area contributed by atoms with Gasteiger partial charge in [-0.05, 0) is 51.6 Å². The smallest absolute Gasteiger partial charge is 0.243 e. The summed E-state index contributed by atoms with van der Waals surface area (Å²) in [5, 5.41) is 8.09. The first-order valence-electron chi connectivity index (χ1n) is 7.92. The zero-order chi connectivity index (χ0) is 17.4. The Hall–Kier alpha value is -2.41. The largest absolute Gasteiger partial charge is 0.446 e. The second kappa shape index (κ2) is 6.48.